The number of imidazole rings is 1. The molecule has 0 unspecified atom stereocenters. The van der Waals surface area contributed by atoms with Crippen molar-refractivity contribution in [3.05, 3.63) is 77.9 Å². The highest BCUT2D eigenvalue weighted by atomic mass is 16.3. The monoisotopic (exact) mass is 307 g/mol. The minimum atomic E-state index is -0.299. The van der Waals surface area contributed by atoms with E-state index in [1.165, 1.54) is 6.07 Å². The molecule has 1 heterocycles. The van der Waals surface area contributed by atoms with Crippen molar-refractivity contribution >= 4 is 5.91 Å². The summed E-state index contributed by atoms with van der Waals surface area (Å²) in [6.07, 6.45) is 5.28. The lowest BCUT2D eigenvalue weighted by atomic mass is 10.1. The SMILES string of the molecule is Cc1ccc(O)c(C(=O)NCc2ccccc2-n2ccnc2)c1. The lowest BCUT2D eigenvalue weighted by molar-refractivity contribution is 0.0948. The average molecular weight is 307 g/mol. The molecule has 5 nitrogen and oxygen atoms in total. The van der Waals surface area contributed by atoms with Gasteiger partial charge in [-0.15, -0.1) is 0 Å². The fourth-order valence-corrected chi connectivity index (χ4v) is 2.42. The van der Waals surface area contributed by atoms with Gasteiger partial charge < -0.3 is 15.0 Å². The van der Waals surface area contributed by atoms with Crippen molar-refractivity contribution in [1.82, 2.24) is 14.9 Å². The van der Waals surface area contributed by atoms with Gasteiger partial charge in [-0.3, -0.25) is 4.79 Å². The number of benzene rings is 2. The minimum Gasteiger partial charge on any atom is -0.507 e. The van der Waals surface area contributed by atoms with Crippen molar-refractivity contribution in [2.75, 3.05) is 0 Å². The van der Waals surface area contributed by atoms with Gasteiger partial charge in [0.1, 0.15) is 5.75 Å². The number of para-hydroxylation sites is 1. The molecule has 1 amide bonds. The summed E-state index contributed by atoms with van der Waals surface area (Å²) in [7, 11) is 0. The molecule has 5 heteroatoms. The second-order valence-corrected chi connectivity index (χ2v) is 5.30. The third-order valence-corrected chi connectivity index (χ3v) is 3.61. The van der Waals surface area contributed by atoms with E-state index >= 15 is 0 Å². The highest BCUT2D eigenvalue weighted by Gasteiger charge is 2.12. The Balaban J connectivity index is 1.79. The Morgan fingerprint density at radius 1 is 1.26 bits per heavy atom. The Hall–Kier alpha value is -3.08. The number of carbonyl (C=O) groups excluding carboxylic acids is 1. The quantitative estimate of drug-likeness (QED) is 0.779. The molecule has 0 radical (unpaired) electrons. The molecule has 2 N–H and O–H groups in total. The zero-order valence-corrected chi connectivity index (χ0v) is 12.7. The predicted octanol–water partition coefficient (Wildman–Crippen LogP) is 2.82. The van der Waals surface area contributed by atoms with Crippen LogP contribution in [-0.4, -0.2) is 20.6 Å². The molecule has 116 valence electrons. The summed E-state index contributed by atoms with van der Waals surface area (Å²) in [5.74, 6) is -0.317. The van der Waals surface area contributed by atoms with Crippen LogP contribution in [0, 0.1) is 6.92 Å². The molecule has 0 fully saturated rings. The number of carbonyl (C=O) groups is 1. The third-order valence-electron chi connectivity index (χ3n) is 3.61. The molecule has 0 aliphatic rings. The number of aryl methyl sites for hydroxylation is 1. The van der Waals surface area contributed by atoms with Crippen LogP contribution < -0.4 is 5.32 Å². The number of amides is 1. The van der Waals surface area contributed by atoms with Crippen LogP contribution in [0.1, 0.15) is 21.5 Å². The normalized spacial score (nSPS) is 10.5. The summed E-state index contributed by atoms with van der Waals surface area (Å²) >= 11 is 0. The molecule has 0 bridgehead atoms. The van der Waals surface area contributed by atoms with Gasteiger partial charge in [-0.1, -0.05) is 29.8 Å². The Kier molecular flexibility index (Phi) is 4.10. The first-order valence-electron chi connectivity index (χ1n) is 7.29. The smallest absolute Gasteiger partial charge is 0.255 e. The van der Waals surface area contributed by atoms with E-state index in [2.05, 4.69) is 10.3 Å². The van der Waals surface area contributed by atoms with Gasteiger partial charge in [-0.05, 0) is 30.7 Å². The Bertz CT molecular complexity index is 826. The molecule has 0 saturated heterocycles. The van der Waals surface area contributed by atoms with Crippen LogP contribution in [0.25, 0.3) is 5.69 Å². The summed E-state index contributed by atoms with van der Waals surface area (Å²) in [6.45, 7) is 2.24. The average Bonchev–Trinajstić information content (AvgIpc) is 3.09. The highest BCUT2D eigenvalue weighted by Crippen LogP contribution is 2.19. The third kappa shape index (κ3) is 3.23. The van der Waals surface area contributed by atoms with Gasteiger partial charge in [-0.25, -0.2) is 4.98 Å². The second-order valence-electron chi connectivity index (χ2n) is 5.30. The summed E-state index contributed by atoms with van der Waals surface area (Å²) in [5, 5.41) is 12.7. The van der Waals surface area contributed by atoms with Crippen LogP contribution in [0.15, 0.2) is 61.2 Å². The summed E-state index contributed by atoms with van der Waals surface area (Å²) in [6, 6.07) is 12.7. The number of phenols is 1. The summed E-state index contributed by atoms with van der Waals surface area (Å²) in [4.78, 5) is 16.3. The molecule has 0 aliphatic carbocycles. The van der Waals surface area contributed by atoms with Gasteiger partial charge in [0.2, 0.25) is 0 Å². The van der Waals surface area contributed by atoms with Crippen molar-refractivity contribution in [3.8, 4) is 11.4 Å². The van der Waals surface area contributed by atoms with Crippen molar-refractivity contribution in [3.63, 3.8) is 0 Å². The largest absolute Gasteiger partial charge is 0.507 e. The minimum absolute atomic E-state index is 0.0176. The van der Waals surface area contributed by atoms with E-state index in [0.717, 1.165) is 16.8 Å². The Morgan fingerprint density at radius 3 is 2.87 bits per heavy atom. The maximum atomic E-state index is 12.3. The van der Waals surface area contributed by atoms with E-state index < -0.39 is 0 Å². The lowest BCUT2D eigenvalue weighted by Gasteiger charge is -2.12. The first-order valence-corrected chi connectivity index (χ1v) is 7.29. The van der Waals surface area contributed by atoms with Gasteiger partial charge in [-0.2, -0.15) is 0 Å². The van der Waals surface area contributed by atoms with Gasteiger partial charge >= 0.3 is 0 Å². The molecule has 1 aromatic heterocycles. The topological polar surface area (TPSA) is 67.2 Å². The number of aromatic hydroxyl groups is 1. The van der Waals surface area contributed by atoms with E-state index in [1.807, 2.05) is 42.0 Å². The van der Waals surface area contributed by atoms with Crippen LogP contribution in [0.4, 0.5) is 0 Å². The van der Waals surface area contributed by atoms with Crippen LogP contribution in [0.3, 0.4) is 0 Å². The number of rotatable bonds is 4. The maximum Gasteiger partial charge on any atom is 0.255 e. The molecule has 3 rings (SSSR count). The highest BCUT2D eigenvalue weighted by molar-refractivity contribution is 5.97. The van der Waals surface area contributed by atoms with E-state index in [0.29, 0.717) is 6.54 Å². The van der Waals surface area contributed by atoms with Crippen LogP contribution in [0.2, 0.25) is 0 Å². The van der Waals surface area contributed by atoms with Crippen molar-refractivity contribution in [2.24, 2.45) is 0 Å². The van der Waals surface area contributed by atoms with Crippen molar-refractivity contribution < 1.29 is 9.90 Å². The van der Waals surface area contributed by atoms with Crippen molar-refractivity contribution in [2.45, 2.75) is 13.5 Å². The van der Waals surface area contributed by atoms with Crippen LogP contribution in [-0.2, 0) is 6.54 Å². The number of phenolic OH excluding ortho intramolecular Hbond substituents is 1. The van der Waals surface area contributed by atoms with Gasteiger partial charge in [0, 0.05) is 18.9 Å². The van der Waals surface area contributed by atoms with Crippen LogP contribution >= 0.6 is 0 Å². The van der Waals surface area contributed by atoms with Crippen LogP contribution in [0.5, 0.6) is 5.75 Å². The molecule has 0 spiro atoms. The lowest BCUT2D eigenvalue weighted by Crippen LogP contribution is -2.23. The number of aromatic nitrogens is 2. The Labute approximate surface area is 134 Å². The molecule has 0 atom stereocenters. The summed E-state index contributed by atoms with van der Waals surface area (Å²) in [5.41, 5.74) is 3.13. The number of hydrogen-bond acceptors (Lipinski definition) is 3. The van der Waals surface area contributed by atoms with E-state index in [1.54, 1.807) is 24.7 Å². The van der Waals surface area contributed by atoms with E-state index in [-0.39, 0.29) is 17.2 Å². The van der Waals surface area contributed by atoms with Crippen molar-refractivity contribution in [1.29, 1.82) is 0 Å². The Morgan fingerprint density at radius 2 is 2.09 bits per heavy atom. The second kappa shape index (κ2) is 6.36. The first kappa shape index (κ1) is 14.8. The van der Waals surface area contributed by atoms with E-state index in [4.69, 9.17) is 0 Å². The fraction of sp³-hybridized carbons (Fsp3) is 0.111. The molecule has 3 aromatic rings. The zero-order valence-electron chi connectivity index (χ0n) is 12.7. The number of nitrogens with one attached hydrogen (secondary N) is 1. The maximum absolute atomic E-state index is 12.3. The molecule has 0 saturated carbocycles. The van der Waals surface area contributed by atoms with E-state index in [9.17, 15) is 9.90 Å². The number of nitrogens with zero attached hydrogens (tertiary/aromatic N) is 2. The predicted molar refractivity (Wildman–Crippen MR) is 87.6 cm³/mol. The first-order chi connectivity index (χ1) is 11.1. The molecular formula is C18H17N3O2. The molecule has 2 aromatic carbocycles. The standard InChI is InChI=1S/C18H17N3O2/c1-13-6-7-17(22)15(10-13)18(23)20-11-14-4-2-3-5-16(14)21-9-8-19-12-21/h2-10,12,22H,11H2,1H3,(H,20,23). The van der Waals surface area contributed by atoms with Gasteiger partial charge in [0.25, 0.3) is 5.91 Å². The fourth-order valence-electron chi connectivity index (χ4n) is 2.42. The van der Waals surface area contributed by atoms with Gasteiger partial charge in [0.05, 0.1) is 17.6 Å². The van der Waals surface area contributed by atoms with Gasteiger partial charge in [0.15, 0.2) is 0 Å². The number of hydrogen-bond donors (Lipinski definition) is 2. The molecule has 23 heavy (non-hydrogen) atoms. The molecular weight excluding hydrogens is 290 g/mol. The zero-order chi connectivity index (χ0) is 16.2. The summed E-state index contributed by atoms with van der Waals surface area (Å²) < 4.78 is 1.89. The molecule has 0 aliphatic heterocycles.